The number of rotatable bonds is 2. The van der Waals surface area contributed by atoms with E-state index in [1.165, 1.54) is 5.56 Å². The molecule has 0 saturated carbocycles. The zero-order valence-electron chi connectivity index (χ0n) is 10.1. The highest BCUT2D eigenvalue weighted by Gasteiger charge is 2.21. The molecule has 2 aliphatic heterocycles. The lowest BCUT2D eigenvalue weighted by atomic mass is 10.1. The van der Waals surface area contributed by atoms with Gasteiger partial charge in [0.15, 0.2) is 0 Å². The van der Waals surface area contributed by atoms with E-state index in [2.05, 4.69) is 10.6 Å². The Kier molecular flexibility index (Phi) is 3.43. The number of nitrogens with one attached hydrogen (secondary N) is 2. The van der Waals surface area contributed by atoms with E-state index in [9.17, 15) is 4.79 Å². The standard InChI is InChI=1S/C13H16N2O2S/c16-13(11-8-18-6-4-14-11)15-10-1-2-12-9(7-10)3-5-17-12/h1-2,7,11,14H,3-6,8H2,(H,15,16). The molecule has 0 aromatic heterocycles. The molecule has 1 saturated heterocycles. The van der Waals surface area contributed by atoms with E-state index in [0.717, 1.165) is 42.5 Å². The van der Waals surface area contributed by atoms with Gasteiger partial charge in [-0.2, -0.15) is 11.8 Å². The van der Waals surface area contributed by atoms with Crippen molar-refractivity contribution >= 4 is 23.4 Å². The second-order valence-electron chi connectivity index (χ2n) is 4.49. The minimum absolute atomic E-state index is 0.0565. The molecule has 3 rings (SSSR count). The van der Waals surface area contributed by atoms with Crippen molar-refractivity contribution in [2.24, 2.45) is 0 Å². The molecule has 0 radical (unpaired) electrons. The molecule has 2 aliphatic rings. The van der Waals surface area contributed by atoms with Crippen molar-refractivity contribution in [1.82, 2.24) is 5.32 Å². The molecule has 18 heavy (non-hydrogen) atoms. The fraction of sp³-hybridized carbons (Fsp3) is 0.462. The Balaban J connectivity index is 1.66. The fourth-order valence-electron chi connectivity index (χ4n) is 2.23. The Hall–Kier alpha value is -1.20. The van der Waals surface area contributed by atoms with Gasteiger partial charge in [-0.3, -0.25) is 4.79 Å². The third-order valence-corrected chi connectivity index (χ3v) is 4.26. The molecule has 0 aliphatic carbocycles. The van der Waals surface area contributed by atoms with Crippen LogP contribution in [0.1, 0.15) is 5.56 Å². The molecule has 1 unspecified atom stereocenters. The maximum atomic E-state index is 12.0. The number of hydrogen-bond acceptors (Lipinski definition) is 4. The summed E-state index contributed by atoms with van der Waals surface area (Å²) in [6, 6.07) is 5.77. The molecule has 1 aromatic carbocycles. The Morgan fingerprint density at radius 2 is 2.44 bits per heavy atom. The number of fused-ring (bicyclic) bond motifs is 1. The van der Waals surface area contributed by atoms with Crippen LogP contribution in [0.25, 0.3) is 0 Å². The van der Waals surface area contributed by atoms with E-state index in [-0.39, 0.29) is 11.9 Å². The summed E-state index contributed by atoms with van der Waals surface area (Å²) >= 11 is 1.82. The molecular weight excluding hydrogens is 248 g/mol. The third kappa shape index (κ3) is 2.47. The van der Waals surface area contributed by atoms with Crippen LogP contribution in [-0.2, 0) is 11.2 Å². The molecule has 1 aromatic rings. The van der Waals surface area contributed by atoms with E-state index in [0.29, 0.717) is 0 Å². The number of carbonyl (C=O) groups is 1. The van der Waals surface area contributed by atoms with Crippen molar-refractivity contribution in [2.45, 2.75) is 12.5 Å². The van der Waals surface area contributed by atoms with E-state index >= 15 is 0 Å². The monoisotopic (exact) mass is 264 g/mol. The van der Waals surface area contributed by atoms with Crippen LogP contribution in [0.2, 0.25) is 0 Å². The quantitative estimate of drug-likeness (QED) is 0.844. The van der Waals surface area contributed by atoms with Crippen LogP contribution < -0.4 is 15.4 Å². The number of ether oxygens (including phenoxy) is 1. The lowest BCUT2D eigenvalue weighted by Gasteiger charge is -2.22. The molecule has 0 bridgehead atoms. The summed E-state index contributed by atoms with van der Waals surface area (Å²) in [6.07, 6.45) is 0.927. The average Bonchev–Trinajstić information content (AvgIpc) is 2.87. The van der Waals surface area contributed by atoms with E-state index < -0.39 is 0 Å². The summed E-state index contributed by atoms with van der Waals surface area (Å²) in [5.74, 6) is 2.93. The highest BCUT2D eigenvalue weighted by atomic mass is 32.2. The zero-order chi connectivity index (χ0) is 12.4. The highest BCUT2D eigenvalue weighted by Crippen LogP contribution is 2.27. The van der Waals surface area contributed by atoms with Gasteiger partial charge >= 0.3 is 0 Å². The molecule has 5 heteroatoms. The molecule has 2 heterocycles. The minimum atomic E-state index is -0.0757. The molecule has 2 N–H and O–H groups in total. The van der Waals surface area contributed by atoms with Crippen molar-refractivity contribution in [3.63, 3.8) is 0 Å². The molecule has 0 spiro atoms. The number of benzene rings is 1. The van der Waals surface area contributed by atoms with Gasteiger partial charge in [0.1, 0.15) is 5.75 Å². The van der Waals surface area contributed by atoms with E-state index in [1.54, 1.807) is 0 Å². The van der Waals surface area contributed by atoms with Gasteiger partial charge in [-0.25, -0.2) is 0 Å². The summed E-state index contributed by atoms with van der Waals surface area (Å²) in [5, 5.41) is 6.20. The first kappa shape index (κ1) is 11.9. The first-order chi connectivity index (χ1) is 8.83. The van der Waals surface area contributed by atoms with Crippen LogP contribution in [0.15, 0.2) is 18.2 Å². The lowest BCUT2D eigenvalue weighted by Crippen LogP contribution is -2.46. The largest absolute Gasteiger partial charge is 0.493 e. The normalized spacial score (nSPS) is 22.1. The van der Waals surface area contributed by atoms with E-state index in [1.807, 2.05) is 30.0 Å². The zero-order valence-corrected chi connectivity index (χ0v) is 10.9. The first-order valence-electron chi connectivity index (χ1n) is 6.21. The Morgan fingerprint density at radius 1 is 1.50 bits per heavy atom. The molecule has 1 amide bonds. The second-order valence-corrected chi connectivity index (χ2v) is 5.64. The van der Waals surface area contributed by atoms with Crippen LogP contribution in [-0.4, -0.2) is 36.6 Å². The molecule has 1 atom stereocenters. The summed E-state index contributed by atoms with van der Waals surface area (Å²) in [5.41, 5.74) is 2.04. The SMILES string of the molecule is O=C(Nc1ccc2c(c1)CCO2)C1CSCCN1. The minimum Gasteiger partial charge on any atom is -0.493 e. The van der Waals surface area contributed by atoms with Gasteiger partial charge in [0.2, 0.25) is 5.91 Å². The third-order valence-electron chi connectivity index (χ3n) is 3.20. The van der Waals surface area contributed by atoms with Crippen LogP contribution in [0.3, 0.4) is 0 Å². The van der Waals surface area contributed by atoms with Crippen molar-refractivity contribution in [3.8, 4) is 5.75 Å². The summed E-state index contributed by atoms with van der Waals surface area (Å²) < 4.78 is 5.45. The first-order valence-corrected chi connectivity index (χ1v) is 7.36. The number of amides is 1. The molecule has 96 valence electrons. The van der Waals surface area contributed by atoms with Crippen LogP contribution in [0.4, 0.5) is 5.69 Å². The van der Waals surface area contributed by atoms with Crippen LogP contribution in [0.5, 0.6) is 5.75 Å². The maximum absolute atomic E-state index is 12.0. The number of hydrogen-bond donors (Lipinski definition) is 2. The Bertz CT molecular complexity index is 458. The van der Waals surface area contributed by atoms with Crippen molar-refractivity contribution in [2.75, 3.05) is 30.0 Å². The summed E-state index contributed by atoms with van der Waals surface area (Å²) in [7, 11) is 0. The van der Waals surface area contributed by atoms with Gasteiger partial charge < -0.3 is 15.4 Å². The average molecular weight is 264 g/mol. The van der Waals surface area contributed by atoms with Crippen molar-refractivity contribution in [3.05, 3.63) is 23.8 Å². The molecule has 4 nitrogen and oxygen atoms in total. The summed E-state index contributed by atoms with van der Waals surface area (Å²) in [6.45, 7) is 1.65. The van der Waals surface area contributed by atoms with Gasteiger partial charge in [-0.05, 0) is 23.8 Å². The number of carbonyl (C=O) groups excluding carboxylic acids is 1. The smallest absolute Gasteiger partial charge is 0.242 e. The van der Waals surface area contributed by atoms with Gasteiger partial charge in [-0.1, -0.05) is 0 Å². The number of anilines is 1. The van der Waals surface area contributed by atoms with Gasteiger partial charge in [0, 0.05) is 30.2 Å². The van der Waals surface area contributed by atoms with Gasteiger partial charge in [0.05, 0.1) is 12.6 Å². The van der Waals surface area contributed by atoms with Crippen LogP contribution in [0, 0.1) is 0 Å². The van der Waals surface area contributed by atoms with Gasteiger partial charge in [0.25, 0.3) is 0 Å². The molecular formula is C13H16N2O2S. The van der Waals surface area contributed by atoms with Crippen molar-refractivity contribution in [1.29, 1.82) is 0 Å². The predicted octanol–water partition coefficient (Wildman–Crippen LogP) is 1.26. The predicted molar refractivity (Wildman–Crippen MR) is 73.4 cm³/mol. The Labute approximate surface area is 110 Å². The Morgan fingerprint density at radius 3 is 3.28 bits per heavy atom. The maximum Gasteiger partial charge on any atom is 0.242 e. The molecule has 1 fully saturated rings. The highest BCUT2D eigenvalue weighted by molar-refractivity contribution is 7.99. The number of thioether (sulfide) groups is 1. The summed E-state index contributed by atoms with van der Waals surface area (Å²) in [4.78, 5) is 12.0. The fourth-order valence-corrected chi connectivity index (χ4v) is 3.16. The van der Waals surface area contributed by atoms with Gasteiger partial charge in [-0.15, -0.1) is 0 Å². The second kappa shape index (κ2) is 5.20. The topological polar surface area (TPSA) is 50.4 Å². The van der Waals surface area contributed by atoms with Crippen LogP contribution >= 0.6 is 11.8 Å². The van der Waals surface area contributed by atoms with Crippen molar-refractivity contribution < 1.29 is 9.53 Å². The lowest BCUT2D eigenvalue weighted by molar-refractivity contribution is -0.117. The van der Waals surface area contributed by atoms with E-state index in [4.69, 9.17) is 4.74 Å².